The zero-order valence-corrected chi connectivity index (χ0v) is 17.4. The Balaban J connectivity index is 1.16. The van der Waals surface area contributed by atoms with E-state index in [2.05, 4.69) is 23.1 Å². The molecular weight excluding hydrogens is 397 g/mol. The lowest BCUT2D eigenvalue weighted by atomic mass is 10.1. The van der Waals surface area contributed by atoms with Crippen LogP contribution < -0.4 is 9.64 Å². The summed E-state index contributed by atoms with van der Waals surface area (Å²) in [7, 11) is 0. The first-order valence-electron chi connectivity index (χ1n) is 10.9. The third kappa shape index (κ3) is 4.02. The van der Waals surface area contributed by atoms with E-state index in [1.54, 1.807) is 18.2 Å². The lowest BCUT2D eigenvalue weighted by Gasteiger charge is -2.36. The van der Waals surface area contributed by atoms with E-state index >= 15 is 0 Å². The lowest BCUT2D eigenvalue weighted by molar-refractivity contribution is -0.137. The van der Waals surface area contributed by atoms with Crippen molar-refractivity contribution in [2.45, 2.75) is 19.4 Å². The summed E-state index contributed by atoms with van der Waals surface area (Å²) in [5.41, 5.74) is 2.80. The van der Waals surface area contributed by atoms with Crippen LogP contribution in [0.4, 0.5) is 10.1 Å². The third-order valence-electron chi connectivity index (χ3n) is 6.46. The highest BCUT2D eigenvalue weighted by Crippen LogP contribution is 2.29. The first-order chi connectivity index (χ1) is 15.1. The molecule has 1 unspecified atom stereocenters. The van der Waals surface area contributed by atoms with Gasteiger partial charge in [-0.1, -0.05) is 24.3 Å². The van der Waals surface area contributed by atoms with E-state index in [-0.39, 0.29) is 30.5 Å². The number of piperazine rings is 1. The molecule has 5 rings (SSSR count). The molecule has 0 bridgehead atoms. The molecule has 0 aromatic heterocycles. The van der Waals surface area contributed by atoms with Crippen LogP contribution in [-0.4, -0.2) is 60.9 Å². The molecule has 3 aliphatic rings. The van der Waals surface area contributed by atoms with Crippen molar-refractivity contribution in [3.63, 3.8) is 0 Å². The number of ether oxygens (including phenoxy) is 1. The maximum Gasteiger partial charge on any atom is 0.228 e. The van der Waals surface area contributed by atoms with Crippen LogP contribution in [0.2, 0.25) is 0 Å². The van der Waals surface area contributed by atoms with Crippen molar-refractivity contribution in [3.05, 3.63) is 59.4 Å². The van der Waals surface area contributed by atoms with E-state index < -0.39 is 11.7 Å². The fourth-order valence-electron chi connectivity index (χ4n) is 4.76. The third-order valence-corrected chi connectivity index (χ3v) is 6.46. The van der Waals surface area contributed by atoms with E-state index in [1.807, 2.05) is 4.90 Å². The smallest absolute Gasteiger partial charge is 0.228 e. The van der Waals surface area contributed by atoms with Crippen LogP contribution in [0.3, 0.4) is 0 Å². The van der Waals surface area contributed by atoms with Crippen molar-refractivity contribution in [1.29, 1.82) is 0 Å². The quantitative estimate of drug-likeness (QED) is 0.758. The van der Waals surface area contributed by atoms with Gasteiger partial charge in [0, 0.05) is 52.1 Å². The zero-order valence-electron chi connectivity index (χ0n) is 17.4. The number of para-hydroxylation sites is 1. The summed E-state index contributed by atoms with van der Waals surface area (Å²) >= 11 is 0. The molecule has 7 heteroatoms. The van der Waals surface area contributed by atoms with Crippen LogP contribution in [0.5, 0.6) is 5.75 Å². The molecule has 0 spiro atoms. The van der Waals surface area contributed by atoms with Gasteiger partial charge < -0.3 is 14.5 Å². The largest absolute Gasteiger partial charge is 0.493 e. The highest BCUT2D eigenvalue weighted by molar-refractivity contribution is 6.00. The van der Waals surface area contributed by atoms with Gasteiger partial charge in [0.1, 0.15) is 11.6 Å². The molecule has 0 aliphatic carbocycles. The maximum absolute atomic E-state index is 14.1. The summed E-state index contributed by atoms with van der Waals surface area (Å²) in [4.78, 5) is 31.1. The predicted octanol–water partition coefficient (Wildman–Crippen LogP) is 2.46. The summed E-state index contributed by atoms with van der Waals surface area (Å²) in [6.45, 7) is 4.77. The first kappa shape index (κ1) is 20.0. The molecule has 162 valence electrons. The maximum atomic E-state index is 14.1. The monoisotopic (exact) mass is 423 g/mol. The number of nitrogens with zero attached hydrogens (tertiary/aromatic N) is 3. The van der Waals surface area contributed by atoms with Crippen molar-refractivity contribution < 1.29 is 18.7 Å². The Morgan fingerprint density at radius 2 is 1.90 bits per heavy atom. The van der Waals surface area contributed by atoms with Gasteiger partial charge >= 0.3 is 0 Å². The molecule has 2 aromatic carbocycles. The van der Waals surface area contributed by atoms with Crippen LogP contribution in [0.25, 0.3) is 0 Å². The summed E-state index contributed by atoms with van der Waals surface area (Å²) < 4.78 is 19.7. The van der Waals surface area contributed by atoms with Crippen molar-refractivity contribution in [1.82, 2.24) is 9.80 Å². The minimum atomic E-state index is -0.435. The van der Waals surface area contributed by atoms with E-state index in [1.165, 1.54) is 22.1 Å². The van der Waals surface area contributed by atoms with Crippen LogP contribution in [-0.2, 0) is 22.6 Å². The molecular formula is C24H26FN3O3. The Labute approximate surface area is 181 Å². The number of rotatable bonds is 4. The number of halogens is 1. The number of amides is 2. The fourth-order valence-corrected chi connectivity index (χ4v) is 4.76. The predicted molar refractivity (Wildman–Crippen MR) is 114 cm³/mol. The van der Waals surface area contributed by atoms with E-state index in [9.17, 15) is 14.0 Å². The topological polar surface area (TPSA) is 53.1 Å². The Bertz CT molecular complexity index is 1000. The zero-order chi connectivity index (χ0) is 21.4. The van der Waals surface area contributed by atoms with Crippen molar-refractivity contribution in [2.24, 2.45) is 5.92 Å². The molecule has 0 radical (unpaired) electrons. The average molecular weight is 423 g/mol. The highest BCUT2D eigenvalue weighted by atomic mass is 19.1. The molecule has 2 saturated heterocycles. The van der Waals surface area contributed by atoms with Crippen molar-refractivity contribution in [2.75, 3.05) is 44.2 Å². The van der Waals surface area contributed by atoms with Crippen molar-refractivity contribution in [3.8, 4) is 5.75 Å². The molecule has 3 aliphatic heterocycles. The summed E-state index contributed by atoms with van der Waals surface area (Å²) in [5, 5.41) is 0. The number of benzene rings is 2. The Hall–Kier alpha value is -2.93. The number of fused-ring (bicyclic) bond motifs is 1. The van der Waals surface area contributed by atoms with Gasteiger partial charge in [0.15, 0.2) is 0 Å². The van der Waals surface area contributed by atoms with Crippen LogP contribution in [0, 0.1) is 11.7 Å². The standard InChI is InChI=1S/C24H26FN3O3/c25-20-3-1-2-4-21(20)28-16-19(14-23(28)29)24(30)27-10-8-26(9-11-27)15-17-5-6-22-18(13-17)7-12-31-22/h1-6,13,19H,7-12,14-16H2. The molecule has 6 nitrogen and oxygen atoms in total. The SMILES string of the molecule is O=C(C1CC(=O)N(c2ccccc2F)C1)N1CCN(Cc2ccc3c(c2)CCO3)CC1. The van der Waals surface area contributed by atoms with Gasteiger partial charge in [0.05, 0.1) is 18.2 Å². The Morgan fingerprint density at radius 1 is 1.10 bits per heavy atom. The minimum absolute atomic E-state index is 0.00141. The molecule has 0 N–H and O–H groups in total. The van der Waals surface area contributed by atoms with Gasteiger partial charge in [0.25, 0.3) is 0 Å². The second kappa shape index (κ2) is 8.30. The number of hydrogen-bond acceptors (Lipinski definition) is 4. The van der Waals surface area contributed by atoms with Gasteiger partial charge in [-0.25, -0.2) is 4.39 Å². The summed E-state index contributed by atoms with van der Waals surface area (Å²) in [5.74, 6) is -0.0371. The van der Waals surface area contributed by atoms with Crippen LogP contribution in [0.15, 0.2) is 42.5 Å². The van der Waals surface area contributed by atoms with Crippen LogP contribution in [0.1, 0.15) is 17.5 Å². The van der Waals surface area contributed by atoms with Gasteiger partial charge in [-0.2, -0.15) is 0 Å². The van der Waals surface area contributed by atoms with E-state index in [0.29, 0.717) is 13.1 Å². The normalized spacial score (nSPS) is 21.3. The van der Waals surface area contributed by atoms with Gasteiger partial charge in [-0.15, -0.1) is 0 Å². The van der Waals surface area contributed by atoms with Gasteiger partial charge in [-0.05, 0) is 29.3 Å². The molecule has 1 atom stereocenters. The number of hydrogen-bond donors (Lipinski definition) is 0. The van der Waals surface area contributed by atoms with E-state index in [0.717, 1.165) is 38.4 Å². The van der Waals surface area contributed by atoms with Crippen molar-refractivity contribution >= 4 is 17.5 Å². The molecule has 2 aromatic rings. The van der Waals surface area contributed by atoms with Gasteiger partial charge in [-0.3, -0.25) is 14.5 Å². The molecule has 2 fully saturated rings. The minimum Gasteiger partial charge on any atom is -0.493 e. The Morgan fingerprint density at radius 3 is 2.71 bits per heavy atom. The second-order valence-electron chi connectivity index (χ2n) is 8.50. The first-order valence-corrected chi connectivity index (χ1v) is 10.9. The second-order valence-corrected chi connectivity index (χ2v) is 8.50. The average Bonchev–Trinajstić information content (AvgIpc) is 3.40. The van der Waals surface area contributed by atoms with Gasteiger partial charge in [0.2, 0.25) is 11.8 Å². The molecule has 2 amide bonds. The lowest BCUT2D eigenvalue weighted by Crippen LogP contribution is -2.50. The summed E-state index contributed by atoms with van der Waals surface area (Å²) in [6.07, 6.45) is 1.11. The van der Waals surface area contributed by atoms with E-state index in [4.69, 9.17) is 4.74 Å². The Kier molecular flexibility index (Phi) is 5.36. The molecule has 3 heterocycles. The molecule has 0 saturated carbocycles. The number of anilines is 1. The summed E-state index contributed by atoms with van der Waals surface area (Å²) in [6, 6.07) is 12.6. The number of carbonyl (C=O) groups excluding carboxylic acids is 2. The number of carbonyl (C=O) groups is 2. The highest BCUT2D eigenvalue weighted by Gasteiger charge is 2.38. The van der Waals surface area contributed by atoms with Crippen LogP contribution >= 0.6 is 0 Å². The molecule has 31 heavy (non-hydrogen) atoms. The fraction of sp³-hybridized carbons (Fsp3) is 0.417.